The van der Waals surface area contributed by atoms with Gasteiger partial charge in [-0.2, -0.15) is 0 Å². The van der Waals surface area contributed by atoms with Crippen molar-refractivity contribution < 1.29 is 0 Å². The Hall–Kier alpha value is 0.290. The van der Waals surface area contributed by atoms with Gasteiger partial charge in [-0.15, -0.1) is 11.6 Å². The van der Waals surface area contributed by atoms with Gasteiger partial charge in [-0.05, 0) is 36.5 Å². The number of hydrogen-bond acceptors (Lipinski definition) is 0. The van der Waals surface area contributed by atoms with Gasteiger partial charge in [-0.3, -0.25) is 0 Å². The molecule has 0 aliphatic heterocycles. The third-order valence-electron chi connectivity index (χ3n) is 3.77. The molecule has 0 aromatic rings. The molecule has 0 heterocycles. The van der Waals surface area contributed by atoms with Crippen molar-refractivity contribution in [3.8, 4) is 0 Å². The molecule has 0 radical (unpaired) electrons. The number of fused-ring (bicyclic) bond motifs is 2. The van der Waals surface area contributed by atoms with Crippen LogP contribution in [0.4, 0.5) is 0 Å². The van der Waals surface area contributed by atoms with Crippen LogP contribution in [0.2, 0.25) is 0 Å². The summed E-state index contributed by atoms with van der Waals surface area (Å²) in [7, 11) is 0. The lowest BCUT2D eigenvalue weighted by Crippen LogP contribution is -2.52. The first kappa shape index (κ1) is 6.97. The summed E-state index contributed by atoms with van der Waals surface area (Å²) in [6, 6.07) is 0. The van der Waals surface area contributed by atoms with E-state index in [1.807, 2.05) is 0 Å². The fourth-order valence-electron chi connectivity index (χ4n) is 2.72. The van der Waals surface area contributed by atoms with E-state index < -0.39 is 0 Å². The molecule has 0 saturated heterocycles. The number of alkyl halides is 1. The summed E-state index contributed by atoms with van der Waals surface area (Å²) >= 11 is 6.19. The standard InChI is InChI=1S/C9H15Cl/c1-9(2)6-3-4-8(10)7(9)5-6/h6-8H,3-5H2,1-2H3. The van der Waals surface area contributed by atoms with Crippen LogP contribution in [0.15, 0.2) is 0 Å². The summed E-state index contributed by atoms with van der Waals surface area (Å²) in [6.45, 7) is 4.75. The zero-order valence-corrected chi connectivity index (χ0v) is 7.49. The van der Waals surface area contributed by atoms with Gasteiger partial charge in [0.15, 0.2) is 0 Å². The SMILES string of the molecule is CC1(C)C2CCC(Cl)C1C2. The van der Waals surface area contributed by atoms with Crippen LogP contribution in [0.3, 0.4) is 0 Å². The van der Waals surface area contributed by atoms with Crippen LogP contribution >= 0.6 is 11.6 Å². The molecule has 0 aromatic heterocycles. The second kappa shape index (κ2) is 1.91. The lowest BCUT2D eigenvalue weighted by molar-refractivity contribution is -0.0612. The minimum Gasteiger partial charge on any atom is -0.123 e. The van der Waals surface area contributed by atoms with E-state index in [9.17, 15) is 0 Å². The summed E-state index contributed by atoms with van der Waals surface area (Å²) in [6.07, 6.45) is 4.04. The van der Waals surface area contributed by atoms with Gasteiger partial charge < -0.3 is 0 Å². The predicted molar refractivity (Wildman–Crippen MR) is 44.3 cm³/mol. The van der Waals surface area contributed by atoms with Crippen molar-refractivity contribution >= 4 is 11.6 Å². The van der Waals surface area contributed by atoms with Gasteiger partial charge in [0, 0.05) is 5.38 Å². The smallest absolute Gasteiger partial charge is 0.0369 e. The van der Waals surface area contributed by atoms with Gasteiger partial charge in [0.05, 0.1) is 0 Å². The van der Waals surface area contributed by atoms with Gasteiger partial charge in [0.1, 0.15) is 0 Å². The Morgan fingerprint density at radius 2 is 2.00 bits per heavy atom. The Balaban J connectivity index is 2.16. The number of hydrogen-bond donors (Lipinski definition) is 0. The van der Waals surface area contributed by atoms with Crippen molar-refractivity contribution in [2.45, 2.75) is 38.5 Å². The summed E-state index contributed by atoms with van der Waals surface area (Å²) in [5, 5.41) is 0.486. The van der Waals surface area contributed by atoms with Crippen LogP contribution in [-0.2, 0) is 0 Å². The van der Waals surface area contributed by atoms with Crippen LogP contribution in [0, 0.1) is 17.3 Å². The molecule has 10 heavy (non-hydrogen) atoms. The maximum absolute atomic E-state index is 6.19. The molecule has 3 rings (SSSR count). The quantitative estimate of drug-likeness (QED) is 0.476. The van der Waals surface area contributed by atoms with E-state index in [0.717, 1.165) is 11.8 Å². The predicted octanol–water partition coefficient (Wildman–Crippen LogP) is 3.05. The molecule has 3 fully saturated rings. The van der Waals surface area contributed by atoms with Crippen molar-refractivity contribution in [1.29, 1.82) is 0 Å². The molecule has 3 saturated carbocycles. The van der Waals surface area contributed by atoms with E-state index in [-0.39, 0.29) is 0 Å². The zero-order valence-electron chi connectivity index (χ0n) is 6.73. The maximum atomic E-state index is 6.19. The molecular formula is C9H15Cl. The second-order valence-electron chi connectivity index (χ2n) is 4.45. The van der Waals surface area contributed by atoms with Crippen LogP contribution in [-0.4, -0.2) is 5.38 Å². The Kier molecular flexibility index (Phi) is 1.33. The maximum Gasteiger partial charge on any atom is 0.0369 e. The molecule has 2 bridgehead atoms. The minimum atomic E-state index is 0.486. The largest absolute Gasteiger partial charge is 0.123 e. The average Bonchev–Trinajstić information content (AvgIpc) is 1.87. The Labute approximate surface area is 68.0 Å². The molecule has 0 spiro atoms. The van der Waals surface area contributed by atoms with Crippen LogP contribution in [0.25, 0.3) is 0 Å². The average molecular weight is 159 g/mol. The highest BCUT2D eigenvalue weighted by molar-refractivity contribution is 6.21. The molecule has 3 atom stereocenters. The zero-order chi connectivity index (χ0) is 7.35. The van der Waals surface area contributed by atoms with Gasteiger partial charge >= 0.3 is 0 Å². The molecular weight excluding hydrogens is 144 g/mol. The third-order valence-corrected chi connectivity index (χ3v) is 4.30. The summed E-state index contributed by atoms with van der Waals surface area (Å²) < 4.78 is 0. The molecule has 0 N–H and O–H groups in total. The molecule has 0 nitrogen and oxygen atoms in total. The van der Waals surface area contributed by atoms with Crippen molar-refractivity contribution in [3.05, 3.63) is 0 Å². The lowest BCUT2D eigenvalue weighted by atomic mass is 9.49. The van der Waals surface area contributed by atoms with Gasteiger partial charge in [-0.1, -0.05) is 13.8 Å². The van der Waals surface area contributed by atoms with E-state index >= 15 is 0 Å². The van der Waals surface area contributed by atoms with E-state index in [1.165, 1.54) is 19.3 Å². The van der Waals surface area contributed by atoms with Crippen molar-refractivity contribution in [2.24, 2.45) is 17.3 Å². The monoisotopic (exact) mass is 158 g/mol. The van der Waals surface area contributed by atoms with Gasteiger partial charge in [0.2, 0.25) is 0 Å². The number of rotatable bonds is 0. The second-order valence-corrected chi connectivity index (χ2v) is 5.01. The third kappa shape index (κ3) is 0.689. The topological polar surface area (TPSA) is 0 Å². The Morgan fingerprint density at radius 1 is 1.30 bits per heavy atom. The molecule has 1 heteroatoms. The molecule has 58 valence electrons. The first-order valence-electron chi connectivity index (χ1n) is 4.26. The molecule has 0 amide bonds. The summed E-state index contributed by atoms with van der Waals surface area (Å²) in [5.41, 5.74) is 0.574. The van der Waals surface area contributed by atoms with E-state index in [0.29, 0.717) is 10.8 Å². The minimum absolute atomic E-state index is 0.486. The summed E-state index contributed by atoms with van der Waals surface area (Å²) in [4.78, 5) is 0. The van der Waals surface area contributed by atoms with E-state index in [4.69, 9.17) is 11.6 Å². The van der Waals surface area contributed by atoms with E-state index in [1.54, 1.807) is 0 Å². The van der Waals surface area contributed by atoms with Crippen LogP contribution < -0.4 is 0 Å². The molecule has 3 aliphatic carbocycles. The van der Waals surface area contributed by atoms with Crippen molar-refractivity contribution in [1.82, 2.24) is 0 Å². The lowest BCUT2D eigenvalue weighted by Gasteiger charge is -2.58. The fraction of sp³-hybridized carbons (Fsp3) is 1.00. The van der Waals surface area contributed by atoms with Crippen LogP contribution in [0.5, 0.6) is 0 Å². The highest BCUT2D eigenvalue weighted by Crippen LogP contribution is 2.60. The van der Waals surface area contributed by atoms with Crippen LogP contribution in [0.1, 0.15) is 33.1 Å². The summed E-state index contributed by atoms with van der Waals surface area (Å²) in [5.74, 6) is 1.82. The van der Waals surface area contributed by atoms with Gasteiger partial charge in [0.25, 0.3) is 0 Å². The normalized spacial score (nSPS) is 50.1. The molecule has 3 aliphatic rings. The Bertz CT molecular complexity index is 149. The Morgan fingerprint density at radius 3 is 2.30 bits per heavy atom. The first-order valence-corrected chi connectivity index (χ1v) is 4.70. The van der Waals surface area contributed by atoms with Gasteiger partial charge in [-0.25, -0.2) is 0 Å². The number of halogens is 1. The van der Waals surface area contributed by atoms with E-state index in [2.05, 4.69) is 13.8 Å². The molecule has 3 unspecified atom stereocenters. The highest BCUT2D eigenvalue weighted by Gasteiger charge is 2.53. The molecule has 0 aromatic carbocycles. The first-order chi connectivity index (χ1) is 4.62. The van der Waals surface area contributed by atoms with Crippen molar-refractivity contribution in [2.75, 3.05) is 0 Å². The van der Waals surface area contributed by atoms with Crippen molar-refractivity contribution in [3.63, 3.8) is 0 Å². The highest BCUT2D eigenvalue weighted by atomic mass is 35.5. The fourth-order valence-corrected chi connectivity index (χ4v) is 3.28.